The highest BCUT2D eigenvalue weighted by atomic mass is 32.1. The van der Waals surface area contributed by atoms with Gasteiger partial charge in [-0.1, -0.05) is 31.1 Å². The average molecular weight is 556 g/mol. The molecule has 3 amide bonds. The smallest absolute Gasteiger partial charge is 0.319 e. The molecule has 0 unspecified atom stereocenters. The second-order valence-electron chi connectivity index (χ2n) is 9.76. The van der Waals surface area contributed by atoms with E-state index in [1.807, 2.05) is 38.1 Å². The van der Waals surface area contributed by atoms with Gasteiger partial charge in [0.15, 0.2) is 5.82 Å². The number of thiol groups is 1. The first kappa shape index (κ1) is 28.0. The lowest BCUT2D eigenvalue weighted by Gasteiger charge is -2.35. The van der Waals surface area contributed by atoms with Gasteiger partial charge in [-0.3, -0.25) is 9.69 Å². The summed E-state index contributed by atoms with van der Waals surface area (Å²) in [5, 5.41) is 41.6. The van der Waals surface area contributed by atoms with E-state index in [2.05, 4.69) is 33.0 Å². The zero-order valence-electron chi connectivity index (χ0n) is 21.8. The normalized spacial score (nSPS) is 14.9. The van der Waals surface area contributed by atoms with Gasteiger partial charge in [0, 0.05) is 44.5 Å². The molecular formula is C26H33N7O5S. The lowest BCUT2D eigenvalue weighted by atomic mass is 9.98. The van der Waals surface area contributed by atoms with Crippen molar-refractivity contribution < 1.29 is 24.9 Å². The van der Waals surface area contributed by atoms with E-state index in [0.717, 1.165) is 5.56 Å². The average Bonchev–Trinajstić information content (AvgIpc) is 3.28. The Morgan fingerprint density at radius 2 is 1.69 bits per heavy atom. The Labute approximate surface area is 231 Å². The highest BCUT2D eigenvalue weighted by Crippen LogP contribution is 2.38. The highest BCUT2D eigenvalue weighted by molar-refractivity contribution is 7.80. The van der Waals surface area contributed by atoms with E-state index in [1.54, 1.807) is 11.0 Å². The van der Waals surface area contributed by atoms with Crippen molar-refractivity contribution >= 4 is 24.6 Å². The topological polar surface area (TPSA) is 170 Å². The molecule has 0 spiro atoms. The predicted molar refractivity (Wildman–Crippen MR) is 148 cm³/mol. The molecule has 0 radical (unpaired) electrons. The van der Waals surface area contributed by atoms with Crippen LogP contribution in [0.15, 0.2) is 36.4 Å². The summed E-state index contributed by atoms with van der Waals surface area (Å²) in [6.07, 6.45) is 0. The molecule has 1 aliphatic heterocycles. The lowest BCUT2D eigenvalue weighted by molar-refractivity contribution is -0.119. The van der Waals surface area contributed by atoms with Crippen LogP contribution in [0.5, 0.6) is 17.5 Å². The van der Waals surface area contributed by atoms with Gasteiger partial charge in [-0.2, -0.15) is 12.6 Å². The first-order valence-electron chi connectivity index (χ1n) is 12.6. The summed E-state index contributed by atoms with van der Waals surface area (Å²) < 4.78 is 1.43. The van der Waals surface area contributed by atoms with Crippen molar-refractivity contribution in [2.24, 2.45) is 5.73 Å². The van der Waals surface area contributed by atoms with Gasteiger partial charge in [0.25, 0.3) is 0 Å². The van der Waals surface area contributed by atoms with Gasteiger partial charge in [-0.15, -0.1) is 5.10 Å². The number of aromatic hydroxyl groups is 3. The Morgan fingerprint density at radius 3 is 2.28 bits per heavy atom. The van der Waals surface area contributed by atoms with Crippen LogP contribution < -0.4 is 11.1 Å². The third kappa shape index (κ3) is 6.20. The van der Waals surface area contributed by atoms with Crippen LogP contribution in [-0.2, 0) is 11.3 Å². The molecule has 1 atom stereocenters. The fourth-order valence-corrected chi connectivity index (χ4v) is 4.76. The maximum atomic E-state index is 12.4. The van der Waals surface area contributed by atoms with Gasteiger partial charge >= 0.3 is 12.0 Å². The Balaban J connectivity index is 1.44. The maximum Gasteiger partial charge on any atom is 0.319 e. The third-order valence-corrected chi connectivity index (χ3v) is 7.10. The van der Waals surface area contributed by atoms with E-state index in [0.29, 0.717) is 49.5 Å². The quantitative estimate of drug-likeness (QED) is 0.229. The molecule has 12 nitrogen and oxygen atoms in total. The van der Waals surface area contributed by atoms with Gasteiger partial charge in [0.05, 0.1) is 11.3 Å². The predicted octanol–water partition coefficient (Wildman–Crippen LogP) is 1.79. The summed E-state index contributed by atoms with van der Waals surface area (Å²) in [6, 6.07) is 8.96. The summed E-state index contributed by atoms with van der Waals surface area (Å²) in [7, 11) is 0. The number of piperazine rings is 1. The molecule has 0 aliphatic carbocycles. The number of hydrogen-bond acceptors (Lipinski definition) is 9. The van der Waals surface area contributed by atoms with Crippen LogP contribution in [-0.4, -0.2) is 89.8 Å². The van der Waals surface area contributed by atoms with Crippen LogP contribution in [0.3, 0.4) is 0 Å². The van der Waals surface area contributed by atoms with Crippen LogP contribution >= 0.6 is 12.6 Å². The van der Waals surface area contributed by atoms with Crippen molar-refractivity contribution in [3.8, 4) is 34.6 Å². The van der Waals surface area contributed by atoms with Gasteiger partial charge < -0.3 is 31.3 Å². The van der Waals surface area contributed by atoms with Crippen LogP contribution in [0.1, 0.15) is 30.9 Å². The van der Waals surface area contributed by atoms with Crippen LogP contribution in [0.4, 0.5) is 4.79 Å². The number of phenols is 2. The van der Waals surface area contributed by atoms with Crippen molar-refractivity contribution in [2.75, 3.05) is 31.9 Å². The molecule has 6 N–H and O–H groups in total. The number of carbonyl (C=O) groups is 2. The number of nitrogens with one attached hydrogen (secondary N) is 1. The van der Waals surface area contributed by atoms with E-state index in [9.17, 15) is 24.9 Å². The van der Waals surface area contributed by atoms with Crippen molar-refractivity contribution in [1.82, 2.24) is 29.9 Å². The Morgan fingerprint density at radius 1 is 1.03 bits per heavy atom. The summed E-state index contributed by atoms with van der Waals surface area (Å²) in [4.78, 5) is 27.7. The number of urea groups is 1. The van der Waals surface area contributed by atoms with Crippen LogP contribution in [0, 0.1) is 0 Å². The molecule has 4 rings (SSSR count). The number of phenolic OH excluding ortho intramolecular Hbond substituents is 2. The fourth-order valence-electron chi connectivity index (χ4n) is 4.49. The number of amides is 3. The first-order valence-corrected chi connectivity index (χ1v) is 13.2. The Kier molecular flexibility index (Phi) is 8.51. The molecule has 2 aromatic carbocycles. The standard InChI is InChI=1S/C26H33N7O5S/c1-15(2)18-11-19(22(35)12-21(18)34)24-29-30-26(38)33(24)17-5-3-16(4-6-17)13-31-7-9-32(10-8-31)25(37)28-20(14-39)23(27)36/h3-6,11-12,15,20,34-35,39H,7-10,13-14H2,1-2H3,(H2,27,36)(H,28,37)(H,30,38)/t20-/m0/s1. The molecule has 2 heterocycles. The van der Waals surface area contributed by atoms with E-state index in [4.69, 9.17) is 5.73 Å². The molecular weight excluding hydrogens is 522 g/mol. The minimum Gasteiger partial charge on any atom is -0.508 e. The SMILES string of the molecule is CC(C)c1cc(-c2nnc(O)n2-c2ccc(CN3CCN(C(=O)N[C@@H](CS)C(N)=O)CC3)cc2)c(O)cc1O. The molecule has 3 aromatic rings. The van der Waals surface area contributed by atoms with Gasteiger partial charge in [-0.05, 0) is 35.2 Å². The molecule has 208 valence electrons. The van der Waals surface area contributed by atoms with Gasteiger partial charge in [0.1, 0.15) is 17.5 Å². The van der Waals surface area contributed by atoms with E-state index in [1.165, 1.54) is 10.6 Å². The summed E-state index contributed by atoms with van der Waals surface area (Å²) in [5.74, 6) is -0.422. The van der Waals surface area contributed by atoms with E-state index in [-0.39, 0.29) is 41.0 Å². The second kappa shape index (κ2) is 11.8. The summed E-state index contributed by atoms with van der Waals surface area (Å²) >= 11 is 4.05. The molecule has 39 heavy (non-hydrogen) atoms. The summed E-state index contributed by atoms with van der Waals surface area (Å²) in [6.45, 7) is 6.84. The molecule has 1 saturated heterocycles. The molecule has 13 heteroatoms. The second-order valence-corrected chi connectivity index (χ2v) is 10.1. The fraction of sp³-hybridized carbons (Fsp3) is 0.385. The number of nitrogens with two attached hydrogens (primary N) is 1. The number of hydrogen-bond donors (Lipinski definition) is 6. The van der Waals surface area contributed by atoms with Crippen molar-refractivity contribution in [3.05, 3.63) is 47.5 Å². The number of aromatic nitrogens is 3. The zero-order valence-corrected chi connectivity index (χ0v) is 22.7. The minimum atomic E-state index is -0.807. The molecule has 0 saturated carbocycles. The maximum absolute atomic E-state index is 12.4. The molecule has 1 fully saturated rings. The molecule has 1 aliphatic rings. The van der Waals surface area contributed by atoms with Gasteiger partial charge in [0.2, 0.25) is 5.91 Å². The summed E-state index contributed by atoms with van der Waals surface area (Å²) in [5.41, 5.74) is 7.89. The number of benzene rings is 2. The number of rotatable bonds is 8. The van der Waals surface area contributed by atoms with Crippen molar-refractivity contribution in [2.45, 2.75) is 32.4 Å². The van der Waals surface area contributed by atoms with Crippen molar-refractivity contribution in [1.29, 1.82) is 0 Å². The minimum absolute atomic E-state index is 0.00458. The third-order valence-electron chi connectivity index (χ3n) is 6.74. The van der Waals surface area contributed by atoms with Crippen LogP contribution in [0.2, 0.25) is 0 Å². The molecule has 0 bridgehead atoms. The van der Waals surface area contributed by atoms with Gasteiger partial charge in [-0.25, -0.2) is 9.36 Å². The molecule has 1 aromatic heterocycles. The highest BCUT2D eigenvalue weighted by Gasteiger charge is 2.25. The van der Waals surface area contributed by atoms with E-state index >= 15 is 0 Å². The number of nitrogens with zero attached hydrogens (tertiary/aromatic N) is 5. The lowest BCUT2D eigenvalue weighted by Crippen LogP contribution is -2.55. The Hall–Kier alpha value is -3.97. The van der Waals surface area contributed by atoms with E-state index < -0.39 is 11.9 Å². The van der Waals surface area contributed by atoms with Crippen LogP contribution in [0.25, 0.3) is 17.1 Å². The monoisotopic (exact) mass is 555 g/mol. The zero-order chi connectivity index (χ0) is 28.3. The van der Waals surface area contributed by atoms with Crippen molar-refractivity contribution in [3.63, 3.8) is 0 Å². The number of carbonyl (C=O) groups excluding carboxylic acids is 2. The number of primary amides is 1. The Bertz CT molecular complexity index is 1340. The first-order chi connectivity index (χ1) is 18.6. The largest absolute Gasteiger partial charge is 0.508 e.